The lowest BCUT2D eigenvalue weighted by Crippen LogP contribution is -2.34. The van der Waals surface area contributed by atoms with E-state index in [-0.39, 0.29) is 17.1 Å². The summed E-state index contributed by atoms with van der Waals surface area (Å²) in [6.45, 7) is 1.80. The van der Waals surface area contributed by atoms with Crippen LogP contribution in [-0.2, 0) is 10.0 Å². The minimum absolute atomic E-state index is 0.153. The van der Waals surface area contributed by atoms with Crippen LogP contribution in [0.3, 0.4) is 0 Å². The number of hydrogen-bond acceptors (Lipinski definition) is 3. The summed E-state index contributed by atoms with van der Waals surface area (Å²) < 4.78 is 22.2. The Labute approximate surface area is 85.3 Å². The molecule has 4 nitrogen and oxygen atoms in total. The Morgan fingerprint density at radius 2 is 2.00 bits per heavy atom. The maximum absolute atomic E-state index is 11.1. The van der Waals surface area contributed by atoms with Gasteiger partial charge in [-0.15, -0.1) is 0 Å². The Balaban J connectivity index is 2.11. The molecule has 82 valence electrons. The average molecular weight is 218 g/mol. The van der Waals surface area contributed by atoms with Gasteiger partial charge in [0.1, 0.15) is 0 Å². The molecule has 2 rings (SSSR count). The number of nitrogens with two attached hydrogens (primary N) is 1. The zero-order valence-corrected chi connectivity index (χ0v) is 9.15. The van der Waals surface area contributed by atoms with E-state index in [1.54, 1.807) is 0 Å². The summed E-state index contributed by atoms with van der Waals surface area (Å²) >= 11 is 0. The van der Waals surface area contributed by atoms with Crippen molar-refractivity contribution in [1.82, 2.24) is 5.32 Å². The van der Waals surface area contributed by atoms with Crippen LogP contribution in [0.5, 0.6) is 0 Å². The molecule has 1 aliphatic carbocycles. The van der Waals surface area contributed by atoms with Crippen molar-refractivity contribution < 1.29 is 8.42 Å². The summed E-state index contributed by atoms with van der Waals surface area (Å²) in [5, 5.41) is 8.42. The first-order valence-corrected chi connectivity index (χ1v) is 6.95. The number of primary sulfonamides is 1. The molecular formula is C9H18N2O2S. The van der Waals surface area contributed by atoms with Crippen molar-refractivity contribution in [2.45, 2.75) is 25.7 Å². The van der Waals surface area contributed by atoms with E-state index in [1.165, 1.54) is 25.7 Å². The van der Waals surface area contributed by atoms with Gasteiger partial charge in [0.15, 0.2) is 0 Å². The van der Waals surface area contributed by atoms with Crippen molar-refractivity contribution in [1.29, 1.82) is 0 Å². The van der Waals surface area contributed by atoms with Crippen LogP contribution in [0.1, 0.15) is 25.7 Å². The summed E-state index contributed by atoms with van der Waals surface area (Å²) in [4.78, 5) is 0. The third kappa shape index (κ3) is 1.94. The molecule has 1 atom stereocenters. The van der Waals surface area contributed by atoms with Crippen LogP contribution < -0.4 is 10.5 Å². The fourth-order valence-corrected chi connectivity index (χ4v) is 4.07. The van der Waals surface area contributed by atoms with Crippen molar-refractivity contribution >= 4 is 10.0 Å². The molecule has 1 unspecified atom stereocenters. The Morgan fingerprint density at radius 3 is 2.57 bits per heavy atom. The predicted octanol–water partition coefficient (Wildman–Crippen LogP) is 0.0547. The second-order valence-corrected chi connectivity index (χ2v) is 6.39. The number of nitrogens with one attached hydrogen (secondary N) is 1. The van der Waals surface area contributed by atoms with Crippen LogP contribution in [0.4, 0.5) is 0 Å². The maximum atomic E-state index is 11.1. The molecule has 0 aromatic carbocycles. The van der Waals surface area contributed by atoms with Gasteiger partial charge in [0.25, 0.3) is 0 Å². The lowest BCUT2D eigenvalue weighted by Gasteiger charge is -2.29. The van der Waals surface area contributed by atoms with Crippen molar-refractivity contribution in [3.63, 3.8) is 0 Å². The first-order chi connectivity index (χ1) is 6.52. The van der Waals surface area contributed by atoms with Crippen LogP contribution in [-0.4, -0.2) is 27.3 Å². The minimum atomic E-state index is -3.31. The number of sulfonamides is 1. The third-order valence-corrected chi connectivity index (χ3v) is 4.63. The van der Waals surface area contributed by atoms with Crippen LogP contribution in [0.25, 0.3) is 0 Å². The van der Waals surface area contributed by atoms with E-state index in [9.17, 15) is 8.42 Å². The number of rotatable bonds is 2. The summed E-state index contributed by atoms with van der Waals surface area (Å²) in [7, 11) is -3.31. The fraction of sp³-hybridized carbons (Fsp3) is 1.00. The molecule has 0 amide bonds. The van der Waals surface area contributed by atoms with E-state index in [4.69, 9.17) is 5.14 Å². The Hall–Kier alpha value is -0.130. The molecular weight excluding hydrogens is 200 g/mol. The van der Waals surface area contributed by atoms with Crippen molar-refractivity contribution in [2.75, 3.05) is 18.8 Å². The Morgan fingerprint density at radius 1 is 1.36 bits per heavy atom. The molecule has 1 saturated carbocycles. The van der Waals surface area contributed by atoms with Gasteiger partial charge in [-0.05, 0) is 30.7 Å². The van der Waals surface area contributed by atoms with Gasteiger partial charge in [0, 0.05) is 6.54 Å². The van der Waals surface area contributed by atoms with E-state index >= 15 is 0 Å². The summed E-state index contributed by atoms with van der Waals surface area (Å²) in [5.74, 6) is 0.389. The second kappa shape index (κ2) is 3.47. The number of hydrogen-bond donors (Lipinski definition) is 2. The molecule has 1 heterocycles. The van der Waals surface area contributed by atoms with Gasteiger partial charge in [-0.25, -0.2) is 13.6 Å². The smallest absolute Gasteiger partial charge is 0.209 e. The summed E-state index contributed by atoms with van der Waals surface area (Å²) in [6.07, 6.45) is 4.81. The lowest BCUT2D eigenvalue weighted by atomic mass is 9.77. The Kier molecular flexibility index (Phi) is 2.57. The molecule has 3 N–H and O–H groups in total. The highest BCUT2D eigenvalue weighted by atomic mass is 32.2. The maximum Gasteiger partial charge on any atom is 0.209 e. The lowest BCUT2D eigenvalue weighted by molar-refractivity contribution is 0.252. The van der Waals surface area contributed by atoms with Gasteiger partial charge in [0.05, 0.1) is 5.75 Å². The van der Waals surface area contributed by atoms with Gasteiger partial charge in [-0.3, -0.25) is 0 Å². The van der Waals surface area contributed by atoms with E-state index in [2.05, 4.69) is 5.32 Å². The SMILES string of the molecule is NS(=O)(=O)CC1CNCC12CCCC2. The standard InChI is InChI=1S/C9H18N2O2S/c10-14(12,13)6-8-5-11-7-9(8)3-1-2-4-9/h8,11H,1-7H2,(H2,10,12,13). The molecule has 0 radical (unpaired) electrons. The highest BCUT2D eigenvalue weighted by molar-refractivity contribution is 7.89. The highest BCUT2D eigenvalue weighted by Crippen LogP contribution is 2.46. The normalized spacial score (nSPS) is 31.4. The highest BCUT2D eigenvalue weighted by Gasteiger charge is 2.45. The summed E-state index contributed by atoms with van der Waals surface area (Å²) in [5.41, 5.74) is 0.242. The monoisotopic (exact) mass is 218 g/mol. The van der Waals surface area contributed by atoms with E-state index in [0.29, 0.717) is 0 Å². The molecule has 1 saturated heterocycles. The fourth-order valence-electron chi connectivity index (χ4n) is 3.04. The average Bonchev–Trinajstić information content (AvgIpc) is 2.62. The van der Waals surface area contributed by atoms with Gasteiger partial charge >= 0.3 is 0 Å². The zero-order valence-electron chi connectivity index (χ0n) is 8.33. The van der Waals surface area contributed by atoms with Crippen molar-refractivity contribution in [2.24, 2.45) is 16.5 Å². The Bertz CT molecular complexity index is 301. The van der Waals surface area contributed by atoms with Crippen LogP contribution in [0.15, 0.2) is 0 Å². The molecule has 5 heteroatoms. The molecule has 2 fully saturated rings. The van der Waals surface area contributed by atoms with Gasteiger partial charge in [0.2, 0.25) is 10.0 Å². The van der Waals surface area contributed by atoms with Crippen molar-refractivity contribution in [3.05, 3.63) is 0 Å². The molecule has 1 spiro atoms. The molecule has 0 aromatic heterocycles. The minimum Gasteiger partial charge on any atom is -0.316 e. The molecule has 0 aromatic rings. The van der Waals surface area contributed by atoms with Crippen LogP contribution in [0.2, 0.25) is 0 Å². The quantitative estimate of drug-likeness (QED) is 0.688. The first kappa shape index (κ1) is 10.4. The van der Waals surface area contributed by atoms with Gasteiger partial charge in [-0.2, -0.15) is 0 Å². The second-order valence-electron chi connectivity index (χ2n) is 4.73. The van der Waals surface area contributed by atoms with Gasteiger partial charge in [-0.1, -0.05) is 12.8 Å². The van der Waals surface area contributed by atoms with Crippen LogP contribution in [0, 0.1) is 11.3 Å². The summed E-state index contributed by atoms with van der Waals surface area (Å²) in [6, 6.07) is 0. The van der Waals surface area contributed by atoms with Crippen molar-refractivity contribution in [3.8, 4) is 0 Å². The molecule has 2 aliphatic rings. The molecule has 0 bridgehead atoms. The van der Waals surface area contributed by atoms with E-state index < -0.39 is 10.0 Å². The van der Waals surface area contributed by atoms with Gasteiger partial charge < -0.3 is 5.32 Å². The van der Waals surface area contributed by atoms with E-state index in [1.807, 2.05) is 0 Å². The predicted molar refractivity (Wildman–Crippen MR) is 55.2 cm³/mol. The topological polar surface area (TPSA) is 72.2 Å². The third-order valence-electron chi connectivity index (χ3n) is 3.77. The largest absolute Gasteiger partial charge is 0.316 e. The molecule has 14 heavy (non-hydrogen) atoms. The van der Waals surface area contributed by atoms with E-state index in [0.717, 1.165) is 13.1 Å². The zero-order chi connectivity index (χ0) is 10.2. The first-order valence-electron chi connectivity index (χ1n) is 5.23. The van der Waals surface area contributed by atoms with Crippen LogP contribution >= 0.6 is 0 Å². The molecule has 1 aliphatic heterocycles.